The zero-order valence-corrected chi connectivity index (χ0v) is 9.48. The van der Waals surface area contributed by atoms with E-state index < -0.39 is 0 Å². The first-order valence-electron chi connectivity index (χ1n) is 5.93. The Morgan fingerprint density at radius 1 is 1.44 bits per heavy atom. The molecule has 4 nitrogen and oxygen atoms in total. The van der Waals surface area contributed by atoms with Gasteiger partial charge in [0.2, 0.25) is 5.91 Å². The predicted octanol–water partition coefficient (Wildman–Crippen LogP) is 0.604. The average Bonchev–Trinajstić information content (AvgIpc) is 2.90. The molecule has 1 saturated heterocycles. The van der Waals surface area contributed by atoms with Crippen molar-refractivity contribution < 1.29 is 4.79 Å². The largest absolute Gasteiger partial charge is 0.354 e. The standard InChI is InChI=1S/C12H19N3O/c16-12(9-11-3-4-13-10-11)14-5-8-15-6-1-2-7-15/h1-2,6-7,11,13H,3-5,8-10H2,(H,14,16). The van der Waals surface area contributed by atoms with Crippen molar-refractivity contribution in [1.29, 1.82) is 0 Å². The van der Waals surface area contributed by atoms with Crippen LogP contribution in [0.1, 0.15) is 12.8 Å². The van der Waals surface area contributed by atoms with Crippen LogP contribution < -0.4 is 10.6 Å². The molecular formula is C12H19N3O. The Morgan fingerprint density at radius 3 is 2.94 bits per heavy atom. The smallest absolute Gasteiger partial charge is 0.220 e. The van der Waals surface area contributed by atoms with Gasteiger partial charge in [-0.1, -0.05) is 0 Å². The predicted molar refractivity (Wildman–Crippen MR) is 63.0 cm³/mol. The quantitative estimate of drug-likeness (QED) is 0.765. The number of carbonyl (C=O) groups is 1. The van der Waals surface area contributed by atoms with Crippen LogP contribution in [0.2, 0.25) is 0 Å². The summed E-state index contributed by atoms with van der Waals surface area (Å²) < 4.78 is 2.07. The Bertz CT molecular complexity index is 315. The Hall–Kier alpha value is -1.29. The van der Waals surface area contributed by atoms with Crippen molar-refractivity contribution >= 4 is 5.91 Å². The fourth-order valence-corrected chi connectivity index (χ4v) is 2.07. The van der Waals surface area contributed by atoms with E-state index in [-0.39, 0.29) is 5.91 Å². The van der Waals surface area contributed by atoms with Gasteiger partial charge in [0.25, 0.3) is 0 Å². The Labute approximate surface area is 96.0 Å². The van der Waals surface area contributed by atoms with Crippen LogP contribution in [-0.2, 0) is 11.3 Å². The highest BCUT2D eigenvalue weighted by Gasteiger charge is 2.17. The van der Waals surface area contributed by atoms with Gasteiger partial charge in [0.15, 0.2) is 0 Å². The third-order valence-corrected chi connectivity index (χ3v) is 2.99. The maximum Gasteiger partial charge on any atom is 0.220 e. The van der Waals surface area contributed by atoms with Crippen LogP contribution in [0.25, 0.3) is 0 Å². The van der Waals surface area contributed by atoms with Crippen LogP contribution in [0.15, 0.2) is 24.5 Å². The minimum absolute atomic E-state index is 0.181. The maximum absolute atomic E-state index is 11.6. The van der Waals surface area contributed by atoms with Crippen LogP contribution in [0.4, 0.5) is 0 Å². The van der Waals surface area contributed by atoms with Gasteiger partial charge in [-0.05, 0) is 37.6 Å². The van der Waals surface area contributed by atoms with E-state index in [0.717, 1.165) is 26.1 Å². The molecule has 0 saturated carbocycles. The molecule has 88 valence electrons. The van der Waals surface area contributed by atoms with E-state index in [1.807, 2.05) is 24.5 Å². The van der Waals surface area contributed by atoms with Crippen molar-refractivity contribution in [3.8, 4) is 0 Å². The van der Waals surface area contributed by atoms with Gasteiger partial charge < -0.3 is 15.2 Å². The molecule has 1 aromatic rings. The number of hydrogen-bond donors (Lipinski definition) is 2. The van der Waals surface area contributed by atoms with Crippen LogP contribution in [0.5, 0.6) is 0 Å². The molecule has 2 rings (SSSR count). The third kappa shape index (κ3) is 3.38. The second-order valence-electron chi connectivity index (χ2n) is 4.33. The van der Waals surface area contributed by atoms with Gasteiger partial charge in [-0.2, -0.15) is 0 Å². The summed E-state index contributed by atoms with van der Waals surface area (Å²) >= 11 is 0. The first kappa shape index (κ1) is 11.2. The number of nitrogens with zero attached hydrogens (tertiary/aromatic N) is 1. The molecule has 1 aromatic heterocycles. The Kier molecular flexibility index (Phi) is 3.99. The van der Waals surface area contributed by atoms with Gasteiger partial charge in [0, 0.05) is 31.9 Å². The Morgan fingerprint density at radius 2 is 2.25 bits per heavy atom. The molecule has 1 aliphatic heterocycles. The van der Waals surface area contributed by atoms with E-state index in [1.165, 1.54) is 0 Å². The molecular weight excluding hydrogens is 202 g/mol. The fourth-order valence-electron chi connectivity index (χ4n) is 2.07. The average molecular weight is 221 g/mol. The summed E-state index contributed by atoms with van der Waals surface area (Å²) in [5.41, 5.74) is 0. The normalized spacial score (nSPS) is 19.9. The number of nitrogens with one attached hydrogen (secondary N) is 2. The lowest BCUT2D eigenvalue weighted by atomic mass is 10.0. The summed E-state index contributed by atoms with van der Waals surface area (Å²) in [7, 11) is 0. The summed E-state index contributed by atoms with van der Waals surface area (Å²) in [4.78, 5) is 11.6. The first-order valence-corrected chi connectivity index (χ1v) is 5.93. The highest BCUT2D eigenvalue weighted by molar-refractivity contribution is 5.76. The lowest BCUT2D eigenvalue weighted by Gasteiger charge is -2.09. The molecule has 0 aliphatic carbocycles. The summed E-state index contributed by atoms with van der Waals surface area (Å²) in [6.07, 6.45) is 5.81. The molecule has 0 radical (unpaired) electrons. The maximum atomic E-state index is 11.6. The van der Waals surface area contributed by atoms with Gasteiger partial charge in [-0.3, -0.25) is 4.79 Å². The van der Waals surface area contributed by atoms with E-state index in [9.17, 15) is 4.79 Å². The molecule has 1 amide bonds. The van der Waals surface area contributed by atoms with E-state index in [4.69, 9.17) is 0 Å². The second kappa shape index (κ2) is 5.70. The summed E-state index contributed by atoms with van der Waals surface area (Å²) in [5, 5.41) is 6.23. The summed E-state index contributed by atoms with van der Waals surface area (Å²) in [5.74, 6) is 0.715. The van der Waals surface area contributed by atoms with E-state index in [1.54, 1.807) is 0 Å². The summed E-state index contributed by atoms with van der Waals surface area (Å²) in [6.45, 7) is 3.61. The number of hydrogen-bond acceptors (Lipinski definition) is 2. The van der Waals surface area contributed by atoms with Gasteiger partial charge >= 0.3 is 0 Å². The number of aromatic nitrogens is 1. The highest BCUT2D eigenvalue weighted by atomic mass is 16.1. The fraction of sp³-hybridized carbons (Fsp3) is 0.583. The highest BCUT2D eigenvalue weighted by Crippen LogP contribution is 2.11. The second-order valence-corrected chi connectivity index (χ2v) is 4.33. The molecule has 1 aliphatic rings. The molecule has 0 bridgehead atoms. The van der Waals surface area contributed by atoms with Crippen LogP contribution in [0, 0.1) is 5.92 Å². The van der Waals surface area contributed by atoms with Crippen molar-refractivity contribution in [3.05, 3.63) is 24.5 Å². The van der Waals surface area contributed by atoms with Crippen molar-refractivity contribution in [2.75, 3.05) is 19.6 Å². The van der Waals surface area contributed by atoms with Crippen molar-refractivity contribution in [1.82, 2.24) is 15.2 Å². The minimum Gasteiger partial charge on any atom is -0.354 e. The number of rotatable bonds is 5. The topological polar surface area (TPSA) is 46.1 Å². The molecule has 1 unspecified atom stereocenters. The molecule has 1 atom stereocenters. The Balaban J connectivity index is 1.60. The zero-order valence-electron chi connectivity index (χ0n) is 9.48. The molecule has 2 heterocycles. The molecule has 0 aromatic carbocycles. The van der Waals surface area contributed by atoms with Crippen molar-refractivity contribution in [3.63, 3.8) is 0 Å². The lowest BCUT2D eigenvalue weighted by Crippen LogP contribution is -2.29. The van der Waals surface area contributed by atoms with Crippen molar-refractivity contribution in [2.24, 2.45) is 5.92 Å². The summed E-state index contributed by atoms with van der Waals surface area (Å²) in [6, 6.07) is 3.98. The molecule has 1 fully saturated rings. The van der Waals surface area contributed by atoms with E-state index >= 15 is 0 Å². The van der Waals surface area contributed by atoms with Crippen molar-refractivity contribution in [2.45, 2.75) is 19.4 Å². The van der Waals surface area contributed by atoms with Gasteiger partial charge in [0.1, 0.15) is 0 Å². The molecule has 2 N–H and O–H groups in total. The van der Waals surface area contributed by atoms with E-state index in [2.05, 4.69) is 15.2 Å². The molecule has 4 heteroatoms. The van der Waals surface area contributed by atoms with Gasteiger partial charge in [-0.25, -0.2) is 0 Å². The third-order valence-electron chi connectivity index (χ3n) is 2.99. The van der Waals surface area contributed by atoms with E-state index in [0.29, 0.717) is 18.9 Å². The molecule has 0 spiro atoms. The number of carbonyl (C=O) groups excluding carboxylic acids is 1. The first-order chi connectivity index (χ1) is 7.84. The molecule has 16 heavy (non-hydrogen) atoms. The lowest BCUT2D eigenvalue weighted by molar-refractivity contribution is -0.121. The van der Waals surface area contributed by atoms with Gasteiger partial charge in [0.05, 0.1) is 0 Å². The monoisotopic (exact) mass is 221 g/mol. The van der Waals surface area contributed by atoms with Crippen LogP contribution in [0.3, 0.4) is 0 Å². The zero-order chi connectivity index (χ0) is 11.2. The SMILES string of the molecule is O=C(CC1CCNC1)NCCn1cccc1. The van der Waals surface area contributed by atoms with Crippen LogP contribution >= 0.6 is 0 Å². The van der Waals surface area contributed by atoms with Crippen LogP contribution in [-0.4, -0.2) is 30.1 Å². The number of amides is 1. The minimum atomic E-state index is 0.181. The van der Waals surface area contributed by atoms with Gasteiger partial charge in [-0.15, -0.1) is 0 Å².